The van der Waals surface area contributed by atoms with Crippen molar-refractivity contribution in [2.45, 2.75) is 57.8 Å². The molecule has 23 heavy (non-hydrogen) atoms. The number of carbonyl (C=O) groups is 2. The molecule has 1 atom stereocenters. The average Bonchev–Trinajstić information content (AvgIpc) is 2.61. The number of unbranched alkanes of at least 4 members (excludes halogenated alkanes) is 1. The highest BCUT2D eigenvalue weighted by Crippen LogP contribution is 2.28. The molecule has 1 heterocycles. The Morgan fingerprint density at radius 1 is 1.09 bits per heavy atom. The van der Waals surface area contributed by atoms with Crippen LogP contribution in [0.4, 0.5) is 0 Å². The zero-order chi connectivity index (χ0) is 16.1. The van der Waals surface area contributed by atoms with Gasteiger partial charge in [-0.05, 0) is 50.5 Å². The van der Waals surface area contributed by atoms with E-state index in [2.05, 4.69) is 6.07 Å². The Morgan fingerprint density at radius 3 is 2.70 bits per heavy atom. The highest BCUT2D eigenvalue weighted by atomic mass is 16.2. The van der Waals surface area contributed by atoms with Crippen LogP contribution in [0.1, 0.15) is 67.3 Å². The lowest BCUT2D eigenvalue weighted by molar-refractivity contribution is -0.132. The molecule has 1 fully saturated rings. The fraction of sp³-hybridized carbons (Fsp3) is 0.600. The van der Waals surface area contributed by atoms with Gasteiger partial charge in [-0.25, -0.2) is 0 Å². The average molecular weight is 313 g/mol. The molecular weight excluding hydrogens is 286 g/mol. The van der Waals surface area contributed by atoms with E-state index in [4.69, 9.17) is 0 Å². The van der Waals surface area contributed by atoms with Crippen LogP contribution in [0.2, 0.25) is 0 Å². The van der Waals surface area contributed by atoms with E-state index < -0.39 is 0 Å². The van der Waals surface area contributed by atoms with Gasteiger partial charge in [0.15, 0.2) is 5.78 Å². The lowest BCUT2D eigenvalue weighted by Crippen LogP contribution is -2.35. The molecule has 1 aliphatic carbocycles. The van der Waals surface area contributed by atoms with Crippen molar-refractivity contribution in [1.29, 1.82) is 0 Å². The first kappa shape index (κ1) is 16.2. The van der Waals surface area contributed by atoms with Crippen LogP contribution in [0, 0.1) is 5.92 Å². The van der Waals surface area contributed by atoms with E-state index in [9.17, 15) is 9.59 Å². The minimum absolute atomic E-state index is 0.162. The maximum absolute atomic E-state index is 12.5. The third kappa shape index (κ3) is 4.01. The van der Waals surface area contributed by atoms with Crippen molar-refractivity contribution in [1.82, 2.24) is 4.90 Å². The van der Waals surface area contributed by atoms with Crippen molar-refractivity contribution in [2.75, 3.05) is 13.1 Å². The number of ketones is 1. The van der Waals surface area contributed by atoms with Crippen molar-refractivity contribution in [3.05, 3.63) is 35.4 Å². The van der Waals surface area contributed by atoms with Gasteiger partial charge in [0.25, 0.3) is 0 Å². The van der Waals surface area contributed by atoms with Crippen LogP contribution in [0.25, 0.3) is 0 Å². The van der Waals surface area contributed by atoms with Gasteiger partial charge >= 0.3 is 0 Å². The minimum Gasteiger partial charge on any atom is -0.343 e. The summed E-state index contributed by atoms with van der Waals surface area (Å²) < 4.78 is 0. The normalized spacial score (nSPS) is 21.1. The summed E-state index contributed by atoms with van der Waals surface area (Å²) in [7, 11) is 0. The summed E-state index contributed by atoms with van der Waals surface area (Å²) in [6.45, 7) is 1.88. The highest BCUT2D eigenvalue weighted by Gasteiger charge is 2.26. The lowest BCUT2D eigenvalue weighted by atomic mass is 9.80. The summed E-state index contributed by atoms with van der Waals surface area (Å²) in [6, 6.07) is 8.00. The molecule has 0 radical (unpaired) electrons. The van der Waals surface area contributed by atoms with Gasteiger partial charge in [-0.3, -0.25) is 9.59 Å². The molecule has 1 amide bonds. The summed E-state index contributed by atoms with van der Waals surface area (Å²) >= 11 is 0. The number of piperidine rings is 1. The van der Waals surface area contributed by atoms with Gasteiger partial charge < -0.3 is 4.90 Å². The standard InChI is InChI=1S/C20H27NO2/c22-19(21-14-6-1-7-15-21)11-5-3-9-17-13-12-16-8-2-4-10-18(16)20(17)23/h2,4,8,10,17H,1,3,5-7,9,11-15H2. The third-order valence-corrected chi connectivity index (χ3v) is 5.32. The predicted molar refractivity (Wildman–Crippen MR) is 91.5 cm³/mol. The van der Waals surface area contributed by atoms with Crippen LogP contribution in [0.3, 0.4) is 0 Å². The third-order valence-electron chi connectivity index (χ3n) is 5.32. The Balaban J connectivity index is 1.41. The summed E-state index contributed by atoms with van der Waals surface area (Å²) in [6.07, 6.45) is 9.03. The van der Waals surface area contributed by atoms with Crippen LogP contribution in [-0.4, -0.2) is 29.7 Å². The SMILES string of the molecule is O=C1c2ccccc2CCC1CCCCC(=O)N1CCCCC1. The van der Waals surface area contributed by atoms with Crippen LogP contribution >= 0.6 is 0 Å². The number of nitrogens with zero attached hydrogens (tertiary/aromatic N) is 1. The van der Waals surface area contributed by atoms with Crippen molar-refractivity contribution in [3.8, 4) is 0 Å². The Kier molecular flexibility index (Phi) is 5.47. The molecule has 3 heteroatoms. The van der Waals surface area contributed by atoms with Gasteiger partial charge in [-0.15, -0.1) is 0 Å². The molecule has 0 N–H and O–H groups in total. The van der Waals surface area contributed by atoms with Crippen LogP contribution in [-0.2, 0) is 11.2 Å². The first-order chi connectivity index (χ1) is 11.3. The van der Waals surface area contributed by atoms with E-state index in [1.54, 1.807) is 0 Å². The highest BCUT2D eigenvalue weighted by molar-refractivity contribution is 6.00. The molecule has 0 bridgehead atoms. The minimum atomic E-state index is 0.162. The molecular formula is C20H27NO2. The van der Waals surface area contributed by atoms with E-state index >= 15 is 0 Å². The molecule has 1 aromatic rings. The van der Waals surface area contributed by atoms with Crippen LogP contribution < -0.4 is 0 Å². The number of benzene rings is 1. The molecule has 2 aliphatic rings. The van der Waals surface area contributed by atoms with Gasteiger partial charge in [-0.1, -0.05) is 30.7 Å². The molecule has 1 unspecified atom stereocenters. The second-order valence-corrected chi connectivity index (χ2v) is 6.94. The molecule has 0 aromatic heterocycles. The number of fused-ring (bicyclic) bond motifs is 1. The van der Waals surface area contributed by atoms with Crippen molar-refractivity contribution in [3.63, 3.8) is 0 Å². The molecule has 1 aliphatic heterocycles. The summed E-state index contributed by atoms with van der Waals surface area (Å²) in [5.41, 5.74) is 2.13. The monoisotopic (exact) mass is 313 g/mol. The number of hydrogen-bond donors (Lipinski definition) is 0. The molecule has 0 saturated carbocycles. The smallest absolute Gasteiger partial charge is 0.222 e. The Labute approximate surface area is 139 Å². The largest absolute Gasteiger partial charge is 0.343 e. The van der Waals surface area contributed by atoms with Crippen LogP contribution in [0.15, 0.2) is 24.3 Å². The molecule has 124 valence electrons. The predicted octanol–water partition coefficient (Wildman–Crippen LogP) is 4.00. The summed E-state index contributed by atoms with van der Waals surface area (Å²) in [5, 5.41) is 0. The van der Waals surface area contributed by atoms with E-state index in [0.29, 0.717) is 18.1 Å². The molecule has 0 spiro atoms. The zero-order valence-corrected chi connectivity index (χ0v) is 13.9. The molecule has 1 aromatic carbocycles. The van der Waals surface area contributed by atoms with Crippen molar-refractivity contribution in [2.24, 2.45) is 5.92 Å². The van der Waals surface area contributed by atoms with E-state index in [1.165, 1.54) is 12.0 Å². The van der Waals surface area contributed by atoms with Crippen LogP contribution in [0.5, 0.6) is 0 Å². The number of likely N-dealkylation sites (tertiary alicyclic amines) is 1. The zero-order valence-electron chi connectivity index (χ0n) is 13.9. The number of amides is 1. The van der Waals surface area contributed by atoms with Crippen molar-refractivity contribution >= 4 is 11.7 Å². The number of aryl methyl sites for hydroxylation is 1. The quantitative estimate of drug-likeness (QED) is 0.770. The van der Waals surface area contributed by atoms with E-state index in [0.717, 1.165) is 63.6 Å². The Hall–Kier alpha value is -1.64. The van der Waals surface area contributed by atoms with Gasteiger partial charge in [0.2, 0.25) is 5.91 Å². The number of Topliss-reactive ketones (excluding diaryl/α,β-unsaturated/α-hetero) is 1. The Morgan fingerprint density at radius 2 is 1.87 bits per heavy atom. The first-order valence-electron chi connectivity index (χ1n) is 9.15. The molecule has 3 rings (SSSR count). The topological polar surface area (TPSA) is 37.4 Å². The number of hydrogen-bond acceptors (Lipinski definition) is 2. The number of carbonyl (C=O) groups excluding carboxylic acids is 2. The molecule has 1 saturated heterocycles. The molecule has 3 nitrogen and oxygen atoms in total. The van der Waals surface area contributed by atoms with Gasteiger partial charge in [-0.2, -0.15) is 0 Å². The second kappa shape index (κ2) is 7.76. The van der Waals surface area contributed by atoms with Crippen molar-refractivity contribution < 1.29 is 9.59 Å². The summed E-state index contributed by atoms with van der Waals surface area (Å²) in [4.78, 5) is 26.7. The maximum Gasteiger partial charge on any atom is 0.222 e. The number of rotatable bonds is 5. The lowest BCUT2D eigenvalue weighted by Gasteiger charge is -2.27. The first-order valence-corrected chi connectivity index (χ1v) is 9.15. The van der Waals surface area contributed by atoms with Gasteiger partial charge in [0, 0.05) is 31.0 Å². The fourth-order valence-electron chi connectivity index (χ4n) is 3.90. The van der Waals surface area contributed by atoms with Gasteiger partial charge in [0.1, 0.15) is 0 Å². The summed E-state index contributed by atoms with van der Waals surface area (Å²) in [5.74, 6) is 0.786. The maximum atomic E-state index is 12.5. The van der Waals surface area contributed by atoms with E-state index in [-0.39, 0.29) is 5.92 Å². The Bertz CT molecular complexity index is 561. The fourth-order valence-corrected chi connectivity index (χ4v) is 3.90. The van der Waals surface area contributed by atoms with E-state index in [1.807, 2.05) is 23.1 Å². The van der Waals surface area contributed by atoms with Gasteiger partial charge in [0.05, 0.1) is 0 Å². The second-order valence-electron chi connectivity index (χ2n) is 6.94.